The Labute approximate surface area is 69.4 Å². The summed E-state index contributed by atoms with van der Waals surface area (Å²) in [5.41, 5.74) is 7.57. The van der Waals surface area contributed by atoms with Crippen LogP contribution in [0.5, 0.6) is 0 Å². The molecule has 0 atom stereocenters. The lowest BCUT2D eigenvalue weighted by atomic mass is 10.2. The van der Waals surface area contributed by atoms with E-state index in [1.165, 1.54) is 0 Å². The zero-order chi connectivity index (χ0) is 7.28. The van der Waals surface area contributed by atoms with Crippen LogP contribution in [0.2, 0.25) is 0 Å². The highest BCUT2D eigenvalue weighted by molar-refractivity contribution is 5.85. The largest absolute Gasteiger partial charge is 0.402 e. The Balaban J connectivity index is 0. The lowest BCUT2D eigenvalue weighted by Gasteiger charge is -1.93. The van der Waals surface area contributed by atoms with Crippen molar-refractivity contribution in [1.29, 1.82) is 0 Å². The van der Waals surface area contributed by atoms with Gasteiger partial charge in [-0.05, 0) is 25.8 Å². The van der Waals surface area contributed by atoms with Crippen molar-refractivity contribution in [2.45, 2.75) is 27.2 Å². The highest BCUT2D eigenvalue weighted by atomic mass is 35.5. The molecule has 0 aliphatic carbocycles. The van der Waals surface area contributed by atoms with Gasteiger partial charge in [0.1, 0.15) is 0 Å². The molecule has 0 aromatic rings. The second-order valence-electron chi connectivity index (χ2n) is 2.18. The predicted octanol–water partition coefficient (Wildman–Crippen LogP) is 2.63. The first-order valence-corrected chi connectivity index (χ1v) is 3.28. The van der Waals surface area contributed by atoms with Crippen molar-refractivity contribution in [2.75, 3.05) is 0 Å². The van der Waals surface area contributed by atoms with Gasteiger partial charge in [0, 0.05) is 5.70 Å². The normalized spacial score (nSPS) is 12.7. The molecule has 0 radical (unpaired) electrons. The molecule has 0 aliphatic heterocycles. The molecule has 0 bridgehead atoms. The maximum atomic E-state index is 5.51. The lowest BCUT2D eigenvalue weighted by molar-refractivity contribution is 1.19. The minimum Gasteiger partial charge on any atom is -0.402 e. The van der Waals surface area contributed by atoms with E-state index in [0.717, 1.165) is 17.7 Å². The monoisotopic (exact) mass is 161 g/mol. The molecule has 0 amide bonds. The molecule has 0 unspecified atom stereocenters. The van der Waals surface area contributed by atoms with Crippen LogP contribution in [0.25, 0.3) is 0 Å². The van der Waals surface area contributed by atoms with Crippen molar-refractivity contribution in [3.05, 3.63) is 23.4 Å². The Kier molecular flexibility index (Phi) is 8.20. The Morgan fingerprint density at radius 2 is 1.90 bits per heavy atom. The van der Waals surface area contributed by atoms with E-state index in [1.807, 2.05) is 13.8 Å². The van der Waals surface area contributed by atoms with Gasteiger partial charge < -0.3 is 5.73 Å². The van der Waals surface area contributed by atoms with E-state index in [2.05, 4.69) is 19.1 Å². The minimum absolute atomic E-state index is 0. The molecule has 0 saturated carbocycles. The van der Waals surface area contributed by atoms with Gasteiger partial charge in [-0.1, -0.05) is 19.1 Å². The third-order valence-corrected chi connectivity index (χ3v) is 1.23. The van der Waals surface area contributed by atoms with E-state index in [-0.39, 0.29) is 12.4 Å². The summed E-state index contributed by atoms with van der Waals surface area (Å²) in [6.07, 6.45) is 5.23. The van der Waals surface area contributed by atoms with Gasteiger partial charge in [-0.25, -0.2) is 0 Å². The van der Waals surface area contributed by atoms with Crippen LogP contribution in [0.15, 0.2) is 23.4 Å². The number of halogens is 1. The van der Waals surface area contributed by atoms with Crippen molar-refractivity contribution >= 4 is 12.4 Å². The van der Waals surface area contributed by atoms with Gasteiger partial charge in [-0.15, -0.1) is 12.4 Å². The molecule has 0 spiro atoms. The molecule has 0 aliphatic rings. The first-order valence-electron chi connectivity index (χ1n) is 3.28. The number of nitrogens with two attached hydrogens (primary N) is 1. The Morgan fingerprint density at radius 3 is 2.20 bits per heavy atom. The highest BCUT2D eigenvalue weighted by Gasteiger charge is 1.82. The van der Waals surface area contributed by atoms with Gasteiger partial charge in [-0.3, -0.25) is 0 Å². The molecule has 0 rings (SSSR count). The molecule has 2 N–H and O–H groups in total. The summed E-state index contributed by atoms with van der Waals surface area (Å²) in [5.74, 6) is 0. The van der Waals surface area contributed by atoms with E-state index in [9.17, 15) is 0 Å². The number of allylic oxidation sites excluding steroid dienone is 4. The van der Waals surface area contributed by atoms with Gasteiger partial charge in [0.05, 0.1) is 0 Å². The maximum Gasteiger partial charge on any atom is 0.00784 e. The highest BCUT2D eigenvalue weighted by Crippen LogP contribution is 1.98. The first-order chi connectivity index (χ1) is 4.18. The average Bonchev–Trinajstić information content (AvgIpc) is 1.82. The SMILES string of the molecule is CCC=CC(C)=C(C)N.Cl. The third-order valence-electron chi connectivity index (χ3n) is 1.23. The van der Waals surface area contributed by atoms with Crippen molar-refractivity contribution in [1.82, 2.24) is 0 Å². The van der Waals surface area contributed by atoms with Crippen LogP contribution in [0.3, 0.4) is 0 Å². The van der Waals surface area contributed by atoms with Gasteiger partial charge >= 0.3 is 0 Å². The third kappa shape index (κ3) is 5.70. The van der Waals surface area contributed by atoms with Gasteiger partial charge in [0.25, 0.3) is 0 Å². The van der Waals surface area contributed by atoms with Crippen LogP contribution < -0.4 is 5.73 Å². The summed E-state index contributed by atoms with van der Waals surface area (Å²) in [4.78, 5) is 0. The lowest BCUT2D eigenvalue weighted by Crippen LogP contribution is -1.92. The van der Waals surface area contributed by atoms with E-state index >= 15 is 0 Å². The second kappa shape index (κ2) is 6.69. The van der Waals surface area contributed by atoms with E-state index in [4.69, 9.17) is 5.73 Å². The number of rotatable bonds is 2. The molecule has 60 valence electrons. The summed E-state index contributed by atoms with van der Waals surface area (Å²) in [5, 5.41) is 0. The first kappa shape index (κ1) is 12.3. The van der Waals surface area contributed by atoms with Crippen LogP contribution in [-0.2, 0) is 0 Å². The topological polar surface area (TPSA) is 26.0 Å². The minimum atomic E-state index is 0. The smallest absolute Gasteiger partial charge is 0.00784 e. The quantitative estimate of drug-likeness (QED) is 0.620. The van der Waals surface area contributed by atoms with Gasteiger partial charge in [0.15, 0.2) is 0 Å². The zero-order valence-corrected chi connectivity index (χ0v) is 7.66. The van der Waals surface area contributed by atoms with Gasteiger partial charge in [-0.2, -0.15) is 0 Å². The van der Waals surface area contributed by atoms with Crippen molar-refractivity contribution in [3.8, 4) is 0 Å². The molecule has 0 heterocycles. The Hall–Kier alpha value is -0.430. The predicted molar refractivity (Wildman–Crippen MR) is 49.2 cm³/mol. The summed E-state index contributed by atoms with van der Waals surface area (Å²) >= 11 is 0. The zero-order valence-electron chi connectivity index (χ0n) is 6.85. The summed E-state index contributed by atoms with van der Waals surface area (Å²) < 4.78 is 0. The van der Waals surface area contributed by atoms with E-state index in [1.54, 1.807) is 0 Å². The Bertz CT molecular complexity index is 132. The van der Waals surface area contributed by atoms with Crippen molar-refractivity contribution in [2.24, 2.45) is 5.73 Å². The maximum absolute atomic E-state index is 5.51. The van der Waals surface area contributed by atoms with Crippen LogP contribution >= 0.6 is 12.4 Å². The van der Waals surface area contributed by atoms with E-state index in [0.29, 0.717) is 0 Å². The van der Waals surface area contributed by atoms with Crippen molar-refractivity contribution < 1.29 is 0 Å². The average molecular weight is 162 g/mol. The van der Waals surface area contributed by atoms with E-state index < -0.39 is 0 Å². The van der Waals surface area contributed by atoms with Crippen LogP contribution in [0, 0.1) is 0 Å². The molecule has 0 aromatic heterocycles. The molecule has 0 aromatic carbocycles. The molecule has 10 heavy (non-hydrogen) atoms. The summed E-state index contributed by atoms with van der Waals surface area (Å²) in [6, 6.07) is 0. The summed E-state index contributed by atoms with van der Waals surface area (Å²) in [7, 11) is 0. The second-order valence-corrected chi connectivity index (χ2v) is 2.18. The Morgan fingerprint density at radius 1 is 1.40 bits per heavy atom. The molecule has 0 saturated heterocycles. The van der Waals surface area contributed by atoms with Crippen molar-refractivity contribution in [3.63, 3.8) is 0 Å². The summed E-state index contributed by atoms with van der Waals surface area (Å²) in [6.45, 7) is 6.03. The molecule has 2 heteroatoms. The molecular formula is C8H16ClN. The van der Waals surface area contributed by atoms with Gasteiger partial charge in [0.2, 0.25) is 0 Å². The molecular weight excluding hydrogens is 146 g/mol. The number of hydrogen-bond donors (Lipinski definition) is 1. The van der Waals surface area contributed by atoms with Crippen LogP contribution in [0.1, 0.15) is 27.2 Å². The fourth-order valence-corrected chi connectivity index (χ4v) is 0.426. The van der Waals surface area contributed by atoms with Crippen LogP contribution in [-0.4, -0.2) is 0 Å². The molecule has 0 fully saturated rings. The van der Waals surface area contributed by atoms with Crippen LogP contribution in [0.4, 0.5) is 0 Å². The fourth-order valence-electron chi connectivity index (χ4n) is 0.426. The molecule has 1 nitrogen and oxygen atoms in total. The standard InChI is InChI=1S/C8H15N.ClH/c1-4-5-6-7(2)8(3)9;/h5-6H,4,9H2,1-3H3;1H. The number of hydrogen-bond acceptors (Lipinski definition) is 1. The fraction of sp³-hybridized carbons (Fsp3) is 0.500.